The third kappa shape index (κ3) is 3.16. The van der Waals surface area contributed by atoms with Crippen LogP contribution in [0.25, 0.3) is 0 Å². The Morgan fingerprint density at radius 3 is 3.00 bits per heavy atom. The van der Waals surface area contributed by atoms with Crippen LogP contribution in [0.2, 0.25) is 0 Å². The van der Waals surface area contributed by atoms with Gasteiger partial charge in [-0.05, 0) is 19.8 Å². The number of nitrogens with two attached hydrogens (primary N) is 1. The van der Waals surface area contributed by atoms with E-state index in [1.54, 1.807) is 6.92 Å². The van der Waals surface area contributed by atoms with E-state index in [-0.39, 0.29) is 6.10 Å². The van der Waals surface area contributed by atoms with Gasteiger partial charge in [-0.2, -0.15) is 0 Å². The normalized spacial score (nSPS) is 18.0. The van der Waals surface area contributed by atoms with Crippen LogP contribution in [0.4, 0.5) is 10.7 Å². The largest absolute Gasteiger partial charge is 0.492 e. The van der Waals surface area contributed by atoms with Gasteiger partial charge in [0.15, 0.2) is 5.75 Å². The number of hydrogen-bond acceptors (Lipinski definition) is 7. The molecule has 7 heteroatoms. The van der Waals surface area contributed by atoms with E-state index in [9.17, 15) is 4.79 Å². The second-order valence-electron chi connectivity index (χ2n) is 4.44. The summed E-state index contributed by atoms with van der Waals surface area (Å²) in [5.41, 5.74) is 6.27. The van der Waals surface area contributed by atoms with Crippen molar-refractivity contribution in [3.05, 3.63) is 4.88 Å². The van der Waals surface area contributed by atoms with Gasteiger partial charge in [0.25, 0.3) is 0 Å². The van der Waals surface area contributed by atoms with Crippen LogP contribution in [0.3, 0.4) is 0 Å². The maximum absolute atomic E-state index is 11.8. The van der Waals surface area contributed by atoms with E-state index in [0.29, 0.717) is 29.5 Å². The summed E-state index contributed by atoms with van der Waals surface area (Å²) in [6, 6.07) is 0. The number of nitrogen functional groups attached to an aromatic ring is 1. The van der Waals surface area contributed by atoms with Crippen molar-refractivity contribution in [3.63, 3.8) is 0 Å². The molecule has 1 fully saturated rings. The Hall–Kier alpha value is -1.47. The molecule has 1 aliphatic rings. The van der Waals surface area contributed by atoms with Gasteiger partial charge >= 0.3 is 5.97 Å². The molecule has 1 aromatic rings. The second-order valence-corrected chi connectivity index (χ2v) is 5.46. The molecule has 0 bridgehead atoms. The van der Waals surface area contributed by atoms with Gasteiger partial charge in [0, 0.05) is 13.2 Å². The lowest BCUT2D eigenvalue weighted by Gasteiger charge is -2.11. The SMILES string of the molecule is CCOC(=O)c1sc(NCC2CCCO2)c(OC)c1N. The number of carbonyl (C=O) groups excluding carboxylic acids is 1. The van der Waals surface area contributed by atoms with Crippen molar-refractivity contribution in [3.8, 4) is 5.75 Å². The molecular formula is C13H20N2O4S. The molecule has 0 spiro atoms. The number of hydrogen-bond donors (Lipinski definition) is 2. The molecule has 1 aliphatic heterocycles. The van der Waals surface area contributed by atoms with Crippen molar-refractivity contribution in [2.45, 2.75) is 25.9 Å². The van der Waals surface area contributed by atoms with Crippen LogP contribution in [0.5, 0.6) is 5.75 Å². The first-order valence-electron chi connectivity index (χ1n) is 6.66. The summed E-state index contributed by atoms with van der Waals surface area (Å²) in [4.78, 5) is 12.2. The van der Waals surface area contributed by atoms with E-state index in [1.165, 1.54) is 18.4 Å². The van der Waals surface area contributed by atoms with Crippen molar-refractivity contribution in [1.29, 1.82) is 0 Å². The van der Waals surface area contributed by atoms with Crippen LogP contribution in [0, 0.1) is 0 Å². The van der Waals surface area contributed by atoms with Crippen LogP contribution in [-0.2, 0) is 9.47 Å². The standard InChI is InChI=1S/C13H20N2O4S/c1-3-18-13(16)11-9(14)10(17-2)12(20-11)15-7-8-5-4-6-19-8/h8,15H,3-7,14H2,1-2H3. The van der Waals surface area contributed by atoms with Gasteiger partial charge < -0.3 is 25.3 Å². The highest BCUT2D eigenvalue weighted by atomic mass is 32.1. The molecule has 20 heavy (non-hydrogen) atoms. The molecule has 0 aliphatic carbocycles. The van der Waals surface area contributed by atoms with Gasteiger partial charge in [-0.15, -0.1) is 11.3 Å². The highest BCUT2D eigenvalue weighted by Gasteiger charge is 2.24. The lowest BCUT2D eigenvalue weighted by molar-refractivity contribution is 0.0533. The summed E-state index contributed by atoms with van der Waals surface area (Å²) in [5, 5.41) is 3.98. The fraction of sp³-hybridized carbons (Fsp3) is 0.615. The Morgan fingerprint density at radius 1 is 1.60 bits per heavy atom. The zero-order valence-electron chi connectivity index (χ0n) is 11.7. The van der Waals surface area contributed by atoms with E-state index in [4.69, 9.17) is 19.9 Å². The summed E-state index contributed by atoms with van der Waals surface area (Å²) >= 11 is 1.25. The number of carbonyl (C=O) groups is 1. The average molecular weight is 300 g/mol. The number of anilines is 2. The van der Waals surface area contributed by atoms with Crippen molar-refractivity contribution in [2.75, 3.05) is 37.9 Å². The molecular weight excluding hydrogens is 280 g/mol. The predicted octanol–water partition coefficient (Wildman–Crippen LogP) is 2.11. The third-order valence-electron chi connectivity index (χ3n) is 3.08. The number of methoxy groups -OCH3 is 1. The fourth-order valence-electron chi connectivity index (χ4n) is 2.11. The molecule has 1 atom stereocenters. The van der Waals surface area contributed by atoms with E-state index < -0.39 is 5.97 Å². The Labute approximate surface area is 122 Å². The van der Waals surface area contributed by atoms with Gasteiger partial charge in [-0.3, -0.25) is 0 Å². The zero-order valence-corrected chi connectivity index (χ0v) is 12.5. The maximum Gasteiger partial charge on any atom is 0.350 e. The van der Waals surface area contributed by atoms with Gasteiger partial charge in [0.1, 0.15) is 15.6 Å². The van der Waals surface area contributed by atoms with E-state index in [0.717, 1.165) is 24.4 Å². The predicted molar refractivity (Wildman–Crippen MR) is 78.7 cm³/mol. The topological polar surface area (TPSA) is 82.8 Å². The van der Waals surface area contributed by atoms with Gasteiger partial charge in [-0.1, -0.05) is 0 Å². The van der Waals surface area contributed by atoms with Crippen LogP contribution in [-0.4, -0.2) is 38.9 Å². The van der Waals surface area contributed by atoms with Crippen LogP contribution in [0.1, 0.15) is 29.4 Å². The smallest absolute Gasteiger partial charge is 0.350 e. The molecule has 2 heterocycles. The number of thiophene rings is 1. The molecule has 112 valence electrons. The summed E-state index contributed by atoms with van der Waals surface area (Å²) in [6.45, 7) is 3.56. The van der Waals surface area contributed by atoms with Crippen LogP contribution >= 0.6 is 11.3 Å². The monoisotopic (exact) mass is 300 g/mol. The molecule has 0 radical (unpaired) electrons. The first kappa shape index (κ1) is 14.9. The van der Waals surface area contributed by atoms with E-state index >= 15 is 0 Å². The van der Waals surface area contributed by atoms with Gasteiger partial charge in [0.05, 0.1) is 19.8 Å². The van der Waals surface area contributed by atoms with Crippen LogP contribution in [0.15, 0.2) is 0 Å². The van der Waals surface area contributed by atoms with E-state index in [1.807, 2.05) is 0 Å². The minimum absolute atomic E-state index is 0.203. The zero-order chi connectivity index (χ0) is 14.5. The molecule has 3 N–H and O–H groups in total. The summed E-state index contributed by atoms with van der Waals surface area (Å²) in [6.07, 6.45) is 2.33. The van der Waals surface area contributed by atoms with Gasteiger partial charge in [0.2, 0.25) is 0 Å². The summed E-state index contributed by atoms with van der Waals surface area (Å²) < 4.78 is 15.8. The van der Waals surface area contributed by atoms with Crippen molar-refractivity contribution < 1.29 is 19.0 Å². The molecule has 0 amide bonds. The number of rotatable bonds is 6. The first-order chi connectivity index (χ1) is 9.67. The summed E-state index contributed by atoms with van der Waals surface area (Å²) in [7, 11) is 1.53. The molecule has 0 aromatic carbocycles. The molecule has 2 rings (SSSR count). The molecule has 1 saturated heterocycles. The lowest BCUT2D eigenvalue weighted by atomic mass is 10.2. The van der Waals surface area contributed by atoms with Crippen LogP contribution < -0.4 is 15.8 Å². The fourth-order valence-corrected chi connectivity index (χ4v) is 3.10. The quantitative estimate of drug-likeness (QED) is 0.783. The molecule has 1 aromatic heterocycles. The third-order valence-corrected chi connectivity index (χ3v) is 4.20. The van der Waals surface area contributed by atoms with E-state index in [2.05, 4.69) is 5.32 Å². The Kier molecular flexibility index (Phi) is 5.08. The summed E-state index contributed by atoms with van der Waals surface area (Å²) in [5.74, 6) is 0.0783. The number of nitrogens with one attached hydrogen (secondary N) is 1. The first-order valence-corrected chi connectivity index (χ1v) is 7.47. The Balaban J connectivity index is 2.10. The average Bonchev–Trinajstić information content (AvgIpc) is 3.04. The lowest BCUT2D eigenvalue weighted by Crippen LogP contribution is -2.18. The Morgan fingerprint density at radius 2 is 2.40 bits per heavy atom. The highest BCUT2D eigenvalue weighted by molar-refractivity contribution is 7.19. The van der Waals surface area contributed by atoms with Gasteiger partial charge in [-0.25, -0.2) is 4.79 Å². The second kappa shape index (κ2) is 6.81. The molecule has 6 nitrogen and oxygen atoms in total. The van der Waals surface area contributed by atoms with Crippen molar-refractivity contribution in [2.24, 2.45) is 0 Å². The number of ether oxygens (including phenoxy) is 3. The van der Waals surface area contributed by atoms with Crippen molar-refractivity contribution >= 4 is 28.0 Å². The number of esters is 1. The molecule has 1 unspecified atom stereocenters. The Bertz CT molecular complexity index is 469. The maximum atomic E-state index is 11.8. The minimum Gasteiger partial charge on any atom is -0.492 e. The highest BCUT2D eigenvalue weighted by Crippen LogP contribution is 2.42. The van der Waals surface area contributed by atoms with Crippen molar-refractivity contribution in [1.82, 2.24) is 0 Å². The molecule has 0 saturated carbocycles. The minimum atomic E-state index is -0.418.